The average Bonchev–Trinajstić information content (AvgIpc) is 3.09. The third-order valence-electron chi connectivity index (χ3n) is 3.70. The molecule has 0 saturated carbocycles. The summed E-state index contributed by atoms with van der Waals surface area (Å²) < 4.78 is 17.8. The van der Waals surface area contributed by atoms with Crippen molar-refractivity contribution in [3.8, 4) is 0 Å². The molecule has 0 saturated heterocycles. The maximum Gasteiger partial charge on any atom is 0.287 e. The Morgan fingerprint density at radius 2 is 1.73 bits per heavy atom. The van der Waals surface area contributed by atoms with Crippen LogP contribution in [0.4, 0.5) is 0 Å². The summed E-state index contributed by atoms with van der Waals surface area (Å²) in [7, 11) is -1.15. The fraction of sp³-hybridized carbons (Fsp3) is 0.150. The number of halogens is 1. The summed E-state index contributed by atoms with van der Waals surface area (Å²) in [5.74, 6) is 1.08. The highest BCUT2D eigenvalue weighted by atomic mass is 35.5. The van der Waals surface area contributed by atoms with Crippen LogP contribution in [0.25, 0.3) is 0 Å². The van der Waals surface area contributed by atoms with Gasteiger partial charge in [-0.05, 0) is 35.4 Å². The predicted octanol–water partition coefficient (Wildman–Crippen LogP) is 4.31. The van der Waals surface area contributed by atoms with E-state index in [1.165, 1.54) is 0 Å². The van der Waals surface area contributed by atoms with E-state index >= 15 is 0 Å². The molecule has 0 fully saturated rings. The van der Waals surface area contributed by atoms with Gasteiger partial charge >= 0.3 is 0 Å². The molecule has 3 aromatic rings. The lowest BCUT2D eigenvalue weighted by atomic mass is 10.2. The molecule has 6 heteroatoms. The summed E-state index contributed by atoms with van der Waals surface area (Å²) in [6, 6.07) is 20.2. The quantitative estimate of drug-likeness (QED) is 0.657. The van der Waals surface area contributed by atoms with Gasteiger partial charge in [-0.2, -0.15) is 0 Å². The number of carbonyl (C=O) groups excluding carboxylic acids is 1. The Morgan fingerprint density at radius 1 is 0.962 bits per heavy atom. The second-order valence-corrected chi connectivity index (χ2v) is 7.69. The monoisotopic (exact) mass is 387 g/mol. The lowest BCUT2D eigenvalue weighted by Gasteiger charge is -2.03. The Balaban J connectivity index is 1.53. The van der Waals surface area contributed by atoms with Crippen molar-refractivity contribution in [2.75, 3.05) is 0 Å². The highest BCUT2D eigenvalue weighted by Gasteiger charge is 2.13. The van der Waals surface area contributed by atoms with Gasteiger partial charge in [0.05, 0.1) is 5.75 Å². The summed E-state index contributed by atoms with van der Waals surface area (Å²) >= 11 is 5.94. The first-order chi connectivity index (χ1) is 12.6. The smallest absolute Gasteiger partial charge is 0.287 e. The molecule has 2 aromatic carbocycles. The van der Waals surface area contributed by atoms with Crippen molar-refractivity contribution >= 4 is 28.3 Å². The molecule has 3 rings (SSSR count). The first-order valence-electron chi connectivity index (χ1n) is 8.10. The van der Waals surface area contributed by atoms with Crippen LogP contribution in [0.1, 0.15) is 27.4 Å². The minimum atomic E-state index is -1.15. The van der Waals surface area contributed by atoms with E-state index in [4.69, 9.17) is 16.0 Å². The molecule has 0 unspecified atom stereocenters. The third-order valence-corrected chi connectivity index (χ3v) is 5.20. The molecule has 0 aliphatic heterocycles. The number of hydrogen-bond acceptors (Lipinski definition) is 3. The van der Waals surface area contributed by atoms with E-state index in [1.807, 2.05) is 42.5 Å². The Morgan fingerprint density at radius 3 is 2.50 bits per heavy atom. The van der Waals surface area contributed by atoms with E-state index in [2.05, 4.69) is 5.32 Å². The second-order valence-electron chi connectivity index (χ2n) is 5.79. The first-order valence-corrected chi connectivity index (χ1v) is 9.97. The van der Waals surface area contributed by atoms with Crippen molar-refractivity contribution in [3.63, 3.8) is 0 Å². The van der Waals surface area contributed by atoms with Crippen LogP contribution >= 0.6 is 11.6 Å². The largest absolute Gasteiger partial charge is 0.455 e. The molecule has 0 spiro atoms. The number of hydrogen-bond donors (Lipinski definition) is 1. The highest BCUT2D eigenvalue weighted by molar-refractivity contribution is 7.83. The van der Waals surface area contributed by atoms with Gasteiger partial charge in [0, 0.05) is 28.1 Å². The molecular weight excluding hydrogens is 370 g/mol. The average molecular weight is 388 g/mol. The van der Waals surface area contributed by atoms with Gasteiger partial charge in [-0.3, -0.25) is 9.00 Å². The van der Waals surface area contributed by atoms with Crippen molar-refractivity contribution < 1.29 is 13.4 Å². The molecule has 26 heavy (non-hydrogen) atoms. The number of carbonyl (C=O) groups is 1. The van der Waals surface area contributed by atoms with Crippen LogP contribution in [0.3, 0.4) is 0 Å². The van der Waals surface area contributed by atoms with E-state index in [0.29, 0.717) is 23.1 Å². The fourth-order valence-corrected chi connectivity index (χ4v) is 3.80. The molecular formula is C20H18ClNO3S. The lowest BCUT2D eigenvalue weighted by Crippen LogP contribution is -2.22. The normalized spacial score (nSPS) is 11.9. The van der Waals surface area contributed by atoms with Crippen LogP contribution in [0.15, 0.2) is 71.1 Å². The van der Waals surface area contributed by atoms with Gasteiger partial charge in [-0.15, -0.1) is 0 Å². The number of nitrogens with one attached hydrogen (secondary N) is 1. The first kappa shape index (κ1) is 18.4. The van der Waals surface area contributed by atoms with Crippen molar-refractivity contribution in [2.45, 2.75) is 18.1 Å². The number of benzene rings is 2. The van der Waals surface area contributed by atoms with Crippen molar-refractivity contribution in [2.24, 2.45) is 0 Å². The van der Waals surface area contributed by atoms with Crippen molar-refractivity contribution in [3.05, 3.63) is 94.4 Å². The van der Waals surface area contributed by atoms with E-state index in [-0.39, 0.29) is 17.4 Å². The van der Waals surface area contributed by atoms with Gasteiger partial charge in [0.25, 0.3) is 5.91 Å². The molecule has 1 N–H and O–H groups in total. The van der Waals surface area contributed by atoms with Gasteiger partial charge in [-0.1, -0.05) is 54.1 Å². The molecule has 1 aromatic heterocycles. The van der Waals surface area contributed by atoms with Crippen LogP contribution in [0.2, 0.25) is 5.02 Å². The van der Waals surface area contributed by atoms with E-state index in [9.17, 15) is 9.00 Å². The number of rotatable bonds is 7. The van der Waals surface area contributed by atoms with Crippen LogP contribution in [-0.2, 0) is 28.9 Å². The summed E-state index contributed by atoms with van der Waals surface area (Å²) in [5.41, 5.74) is 1.92. The molecule has 4 nitrogen and oxygen atoms in total. The predicted molar refractivity (Wildman–Crippen MR) is 103 cm³/mol. The molecule has 134 valence electrons. The molecule has 0 aliphatic rings. The fourth-order valence-electron chi connectivity index (χ4n) is 2.47. The van der Waals surface area contributed by atoms with Crippen LogP contribution in [0.5, 0.6) is 0 Å². The zero-order valence-corrected chi connectivity index (χ0v) is 15.6. The molecule has 0 radical (unpaired) electrons. The van der Waals surface area contributed by atoms with Crippen LogP contribution < -0.4 is 5.32 Å². The van der Waals surface area contributed by atoms with E-state index < -0.39 is 10.8 Å². The van der Waals surface area contributed by atoms with Crippen LogP contribution in [0, 0.1) is 0 Å². The minimum Gasteiger partial charge on any atom is -0.455 e. The lowest BCUT2D eigenvalue weighted by molar-refractivity contribution is 0.0921. The van der Waals surface area contributed by atoms with Gasteiger partial charge in [-0.25, -0.2) is 0 Å². The van der Waals surface area contributed by atoms with Crippen molar-refractivity contribution in [1.29, 1.82) is 0 Å². The van der Waals surface area contributed by atoms with Gasteiger partial charge in [0.1, 0.15) is 5.76 Å². The second kappa shape index (κ2) is 8.83. The summed E-state index contributed by atoms with van der Waals surface area (Å²) in [5, 5.41) is 3.43. The number of amides is 1. The van der Waals surface area contributed by atoms with Gasteiger partial charge < -0.3 is 9.73 Å². The minimum absolute atomic E-state index is 0.218. The van der Waals surface area contributed by atoms with E-state index in [1.54, 1.807) is 24.3 Å². The molecule has 1 heterocycles. The molecule has 1 atom stereocenters. The van der Waals surface area contributed by atoms with Gasteiger partial charge in [0.2, 0.25) is 0 Å². The zero-order chi connectivity index (χ0) is 18.4. The van der Waals surface area contributed by atoms with E-state index in [0.717, 1.165) is 11.1 Å². The zero-order valence-electron chi connectivity index (χ0n) is 14.0. The molecule has 0 aliphatic carbocycles. The topological polar surface area (TPSA) is 59.3 Å². The maximum atomic E-state index is 12.3. The Bertz CT molecular complexity index is 908. The summed E-state index contributed by atoms with van der Waals surface area (Å²) in [4.78, 5) is 12.2. The summed E-state index contributed by atoms with van der Waals surface area (Å²) in [6.07, 6.45) is 0. The SMILES string of the molecule is O=C(NCc1ccccc1)c1ccc(C[S@](=O)Cc2cccc(Cl)c2)o1. The number of furan rings is 1. The Hall–Kier alpha value is -2.37. The van der Waals surface area contributed by atoms with Crippen LogP contribution in [-0.4, -0.2) is 10.1 Å². The molecule has 0 bridgehead atoms. The Kier molecular flexibility index (Phi) is 6.26. The van der Waals surface area contributed by atoms with Gasteiger partial charge in [0.15, 0.2) is 5.76 Å². The Labute approximate surface area is 159 Å². The van der Waals surface area contributed by atoms with Crippen molar-refractivity contribution in [1.82, 2.24) is 5.32 Å². The third kappa shape index (κ3) is 5.31. The maximum absolute atomic E-state index is 12.3. The highest BCUT2D eigenvalue weighted by Crippen LogP contribution is 2.15. The molecule has 1 amide bonds. The summed E-state index contributed by atoms with van der Waals surface area (Å²) in [6.45, 7) is 0.427. The standard InChI is InChI=1S/C20H18ClNO3S/c21-17-8-4-7-16(11-17)13-26(24)14-18-9-10-19(25-18)20(23)22-12-15-5-2-1-3-6-15/h1-11H,12-14H2,(H,22,23)/t26-/m1/s1.